The highest BCUT2D eigenvalue weighted by Crippen LogP contribution is 2.26. The minimum absolute atomic E-state index is 0.0680. The molecule has 0 spiro atoms. The molecular formula is C17H21ClN2O2S2. The van der Waals surface area contributed by atoms with Crippen LogP contribution in [0, 0.1) is 0 Å². The molecule has 3 rings (SSSR count). The van der Waals surface area contributed by atoms with Crippen molar-refractivity contribution >= 4 is 40.6 Å². The normalized spacial score (nSPS) is 16.4. The highest BCUT2D eigenvalue weighted by atomic mass is 35.5. The molecule has 1 saturated heterocycles. The van der Waals surface area contributed by atoms with Gasteiger partial charge in [0.2, 0.25) is 5.91 Å². The Balaban J connectivity index is 1.44. The second kappa shape index (κ2) is 8.94. The lowest BCUT2D eigenvalue weighted by atomic mass is 10.2. The second-order valence-corrected chi connectivity index (χ2v) is 8.56. The number of amides is 1. The monoisotopic (exact) mass is 384 g/mol. The molecule has 1 aliphatic heterocycles. The van der Waals surface area contributed by atoms with Crippen LogP contribution in [0.25, 0.3) is 0 Å². The smallest absolute Gasteiger partial charge is 0.230 e. The van der Waals surface area contributed by atoms with Gasteiger partial charge in [-0.15, -0.1) is 23.1 Å². The average Bonchev–Trinajstić information content (AvgIpc) is 3.30. The summed E-state index contributed by atoms with van der Waals surface area (Å²) in [4.78, 5) is 15.7. The fourth-order valence-electron chi connectivity index (χ4n) is 2.88. The summed E-state index contributed by atoms with van der Waals surface area (Å²) in [5.41, 5.74) is 0. The first-order valence-electron chi connectivity index (χ1n) is 8.08. The lowest BCUT2D eigenvalue weighted by Crippen LogP contribution is -2.37. The number of halogens is 1. The third kappa shape index (κ3) is 5.02. The summed E-state index contributed by atoms with van der Waals surface area (Å²) in [6.07, 6.45) is 4.12. The van der Waals surface area contributed by atoms with Crippen LogP contribution in [0.4, 0.5) is 0 Å². The maximum Gasteiger partial charge on any atom is 0.230 e. The molecule has 1 fully saturated rings. The zero-order valence-corrected chi connectivity index (χ0v) is 15.8. The summed E-state index contributed by atoms with van der Waals surface area (Å²) in [5, 5.41) is 3.06. The average molecular weight is 385 g/mol. The molecule has 0 radical (unpaired) electrons. The van der Waals surface area contributed by atoms with E-state index >= 15 is 0 Å². The molecule has 0 aromatic carbocycles. The number of likely N-dealkylation sites (tertiary alicyclic amines) is 1. The van der Waals surface area contributed by atoms with Gasteiger partial charge in [0, 0.05) is 17.2 Å². The Hall–Kier alpha value is -0.950. The number of carbonyl (C=O) groups excluding carboxylic acids is 1. The van der Waals surface area contributed by atoms with Gasteiger partial charge < -0.3 is 9.73 Å². The number of thioether (sulfide) groups is 1. The quantitative estimate of drug-likeness (QED) is 0.741. The van der Waals surface area contributed by atoms with Gasteiger partial charge in [0.15, 0.2) is 0 Å². The molecule has 7 heteroatoms. The Morgan fingerprint density at radius 2 is 2.21 bits per heavy atom. The lowest BCUT2D eigenvalue weighted by molar-refractivity contribution is -0.118. The standard InChI is InChI=1S/C17H21ClN2O2S2/c18-16-6-5-13(24-16)11-23-12-17(21)19-10-14(15-4-3-9-22-15)20-7-1-2-8-20/h3-6,9,14H,1-2,7-8,10-12H2,(H,19,21)/t14-/m1/s1. The van der Waals surface area contributed by atoms with Gasteiger partial charge >= 0.3 is 0 Å². The van der Waals surface area contributed by atoms with Gasteiger partial charge in [-0.2, -0.15) is 0 Å². The van der Waals surface area contributed by atoms with Gasteiger partial charge in [0.25, 0.3) is 0 Å². The van der Waals surface area contributed by atoms with Crippen molar-refractivity contribution in [2.45, 2.75) is 24.6 Å². The molecule has 2 aromatic heterocycles. The van der Waals surface area contributed by atoms with Crippen LogP contribution < -0.4 is 5.32 Å². The summed E-state index contributed by atoms with van der Waals surface area (Å²) >= 11 is 9.09. The zero-order chi connectivity index (χ0) is 16.8. The maximum absolute atomic E-state index is 12.1. The number of carbonyl (C=O) groups is 1. The Kier molecular flexibility index (Phi) is 6.66. The van der Waals surface area contributed by atoms with E-state index in [0.29, 0.717) is 12.3 Å². The first-order valence-corrected chi connectivity index (χ1v) is 10.4. The first-order chi connectivity index (χ1) is 11.7. The number of hydrogen-bond acceptors (Lipinski definition) is 5. The van der Waals surface area contributed by atoms with Crippen LogP contribution in [-0.2, 0) is 10.5 Å². The van der Waals surface area contributed by atoms with Crippen LogP contribution >= 0.6 is 34.7 Å². The molecule has 1 N–H and O–H groups in total. The molecule has 1 atom stereocenters. The van der Waals surface area contributed by atoms with Crippen molar-refractivity contribution in [3.05, 3.63) is 45.5 Å². The molecule has 3 heterocycles. The first kappa shape index (κ1) is 17.9. The van der Waals surface area contributed by atoms with E-state index in [1.165, 1.54) is 17.7 Å². The van der Waals surface area contributed by atoms with Crippen LogP contribution in [-0.4, -0.2) is 36.2 Å². The number of rotatable bonds is 8. The summed E-state index contributed by atoms with van der Waals surface area (Å²) in [7, 11) is 0. The van der Waals surface area contributed by atoms with Crippen molar-refractivity contribution < 1.29 is 9.21 Å². The molecule has 1 amide bonds. The molecular weight excluding hydrogens is 364 g/mol. The molecule has 0 aliphatic carbocycles. The highest BCUT2D eigenvalue weighted by molar-refractivity contribution is 7.99. The Morgan fingerprint density at radius 1 is 1.38 bits per heavy atom. The fraction of sp³-hybridized carbons (Fsp3) is 0.471. The van der Waals surface area contributed by atoms with Gasteiger partial charge in [0.05, 0.1) is 22.4 Å². The van der Waals surface area contributed by atoms with E-state index in [1.54, 1.807) is 29.4 Å². The Labute approximate surface area is 155 Å². The van der Waals surface area contributed by atoms with Crippen molar-refractivity contribution in [2.24, 2.45) is 0 Å². The highest BCUT2D eigenvalue weighted by Gasteiger charge is 2.25. The Morgan fingerprint density at radius 3 is 2.88 bits per heavy atom. The lowest BCUT2D eigenvalue weighted by Gasteiger charge is -2.25. The van der Waals surface area contributed by atoms with Crippen LogP contribution in [0.2, 0.25) is 4.34 Å². The van der Waals surface area contributed by atoms with E-state index in [1.807, 2.05) is 24.3 Å². The van der Waals surface area contributed by atoms with Gasteiger partial charge in [0.1, 0.15) is 5.76 Å². The number of furan rings is 1. The molecule has 0 unspecified atom stereocenters. The Bertz CT molecular complexity index is 639. The predicted molar refractivity (Wildman–Crippen MR) is 101 cm³/mol. The molecule has 0 bridgehead atoms. The largest absolute Gasteiger partial charge is 0.468 e. The van der Waals surface area contributed by atoms with Crippen LogP contribution in [0.5, 0.6) is 0 Å². The van der Waals surface area contributed by atoms with Gasteiger partial charge in [-0.1, -0.05) is 11.6 Å². The summed E-state index contributed by atoms with van der Waals surface area (Å²) in [6.45, 7) is 2.72. The van der Waals surface area contributed by atoms with Gasteiger partial charge in [-0.05, 0) is 50.2 Å². The number of thiophene rings is 1. The summed E-state index contributed by atoms with van der Waals surface area (Å²) in [5.74, 6) is 2.27. The fourth-order valence-corrected chi connectivity index (χ4v) is 4.93. The van der Waals surface area contributed by atoms with E-state index < -0.39 is 0 Å². The third-order valence-corrected chi connectivity index (χ3v) is 6.45. The number of nitrogens with zero attached hydrogens (tertiary/aromatic N) is 1. The number of hydrogen-bond donors (Lipinski definition) is 1. The van der Waals surface area contributed by atoms with Crippen molar-refractivity contribution in [1.29, 1.82) is 0 Å². The molecule has 24 heavy (non-hydrogen) atoms. The predicted octanol–water partition coefficient (Wildman–Crippen LogP) is 4.18. The summed E-state index contributed by atoms with van der Waals surface area (Å²) < 4.78 is 6.37. The van der Waals surface area contributed by atoms with Crippen LogP contribution in [0.1, 0.15) is 29.5 Å². The maximum atomic E-state index is 12.1. The topological polar surface area (TPSA) is 45.5 Å². The zero-order valence-electron chi connectivity index (χ0n) is 13.4. The molecule has 4 nitrogen and oxygen atoms in total. The molecule has 130 valence electrons. The third-order valence-electron chi connectivity index (χ3n) is 4.05. The van der Waals surface area contributed by atoms with E-state index in [4.69, 9.17) is 16.0 Å². The van der Waals surface area contributed by atoms with E-state index in [9.17, 15) is 4.79 Å². The van der Waals surface area contributed by atoms with Crippen molar-refractivity contribution in [1.82, 2.24) is 10.2 Å². The number of nitrogens with one attached hydrogen (secondary N) is 1. The minimum Gasteiger partial charge on any atom is -0.468 e. The van der Waals surface area contributed by atoms with Crippen LogP contribution in [0.15, 0.2) is 34.9 Å². The SMILES string of the molecule is O=C(CSCc1ccc(Cl)s1)NC[C@H](c1ccco1)N1CCCC1. The second-order valence-electron chi connectivity index (χ2n) is 5.78. The van der Waals surface area contributed by atoms with Crippen molar-refractivity contribution in [2.75, 3.05) is 25.4 Å². The van der Waals surface area contributed by atoms with Crippen LogP contribution in [0.3, 0.4) is 0 Å². The van der Waals surface area contributed by atoms with Gasteiger partial charge in [-0.3, -0.25) is 9.69 Å². The van der Waals surface area contributed by atoms with E-state index in [-0.39, 0.29) is 11.9 Å². The molecule has 0 saturated carbocycles. The van der Waals surface area contributed by atoms with E-state index in [2.05, 4.69) is 10.2 Å². The van der Waals surface area contributed by atoms with Crippen molar-refractivity contribution in [3.63, 3.8) is 0 Å². The summed E-state index contributed by atoms with van der Waals surface area (Å²) in [6, 6.07) is 7.93. The minimum atomic E-state index is 0.0680. The van der Waals surface area contributed by atoms with Gasteiger partial charge in [-0.25, -0.2) is 0 Å². The molecule has 1 aliphatic rings. The van der Waals surface area contributed by atoms with Crippen molar-refractivity contribution in [3.8, 4) is 0 Å². The molecule has 2 aromatic rings. The van der Waals surface area contributed by atoms with E-state index in [0.717, 1.165) is 28.9 Å².